The molecule has 3 nitrogen and oxygen atoms in total. The fourth-order valence-electron chi connectivity index (χ4n) is 3.07. The van der Waals surface area contributed by atoms with Crippen molar-refractivity contribution >= 4 is 23.0 Å². The molecular formula is C18H19NO2S. The first-order chi connectivity index (χ1) is 10.7. The van der Waals surface area contributed by atoms with Crippen LogP contribution >= 0.6 is 11.3 Å². The minimum absolute atomic E-state index is 0.0478. The van der Waals surface area contributed by atoms with Crippen molar-refractivity contribution in [2.75, 3.05) is 7.05 Å². The van der Waals surface area contributed by atoms with E-state index in [9.17, 15) is 9.59 Å². The van der Waals surface area contributed by atoms with Gasteiger partial charge in [-0.1, -0.05) is 30.3 Å². The number of ketones is 1. The lowest BCUT2D eigenvalue weighted by atomic mass is 10.1. The molecule has 0 saturated carbocycles. The second-order valence-electron chi connectivity index (χ2n) is 5.66. The minimum atomic E-state index is 0.0478. The summed E-state index contributed by atoms with van der Waals surface area (Å²) >= 11 is 1.43. The van der Waals surface area contributed by atoms with Crippen LogP contribution in [-0.2, 0) is 11.2 Å². The molecule has 1 aromatic heterocycles. The van der Waals surface area contributed by atoms with Crippen molar-refractivity contribution in [2.24, 2.45) is 0 Å². The zero-order valence-electron chi connectivity index (χ0n) is 12.6. The third kappa shape index (κ3) is 2.97. The van der Waals surface area contributed by atoms with Crippen molar-refractivity contribution in [1.29, 1.82) is 0 Å². The highest BCUT2D eigenvalue weighted by molar-refractivity contribution is 7.12. The van der Waals surface area contributed by atoms with Gasteiger partial charge in [0.05, 0.1) is 10.9 Å². The van der Waals surface area contributed by atoms with E-state index in [4.69, 9.17) is 0 Å². The second kappa shape index (κ2) is 6.44. The maximum atomic E-state index is 12.4. The Morgan fingerprint density at radius 3 is 2.77 bits per heavy atom. The average Bonchev–Trinajstić information content (AvgIpc) is 3.20. The predicted octanol–water partition coefficient (Wildman–Crippen LogP) is 3.86. The van der Waals surface area contributed by atoms with Gasteiger partial charge in [-0.15, -0.1) is 11.3 Å². The first-order valence-corrected chi connectivity index (χ1v) is 8.45. The highest BCUT2D eigenvalue weighted by atomic mass is 32.1. The maximum Gasteiger partial charge on any atom is 0.223 e. The summed E-state index contributed by atoms with van der Waals surface area (Å²) in [5.41, 5.74) is 2.59. The van der Waals surface area contributed by atoms with Crippen LogP contribution in [0.3, 0.4) is 0 Å². The normalized spacial score (nSPS) is 16.3. The number of hydrogen-bond acceptors (Lipinski definition) is 3. The first kappa shape index (κ1) is 15.0. The second-order valence-corrected chi connectivity index (χ2v) is 6.61. The van der Waals surface area contributed by atoms with E-state index >= 15 is 0 Å². The SMILES string of the molecule is CN(C(=O)CCC(=O)c1cccs1)C1CCc2ccccc21. The number of aryl methyl sites for hydroxylation is 1. The molecule has 0 spiro atoms. The topological polar surface area (TPSA) is 37.4 Å². The molecule has 1 atom stereocenters. The summed E-state index contributed by atoms with van der Waals surface area (Å²) in [6.07, 6.45) is 2.57. The molecule has 1 aliphatic rings. The number of thiophene rings is 1. The lowest BCUT2D eigenvalue weighted by molar-refractivity contribution is -0.132. The Bertz CT molecular complexity index is 678. The zero-order valence-corrected chi connectivity index (χ0v) is 13.4. The smallest absolute Gasteiger partial charge is 0.223 e. The van der Waals surface area contributed by atoms with Gasteiger partial charge in [-0.05, 0) is 35.4 Å². The highest BCUT2D eigenvalue weighted by Crippen LogP contribution is 2.35. The van der Waals surface area contributed by atoms with Crippen LogP contribution in [0, 0.1) is 0 Å². The monoisotopic (exact) mass is 313 g/mol. The lowest BCUT2D eigenvalue weighted by Crippen LogP contribution is -2.30. The molecule has 0 aliphatic heterocycles. The number of amides is 1. The largest absolute Gasteiger partial charge is 0.339 e. The van der Waals surface area contributed by atoms with Crippen molar-refractivity contribution in [3.8, 4) is 0 Å². The Balaban J connectivity index is 1.60. The van der Waals surface area contributed by atoms with Crippen LogP contribution in [0.25, 0.3) is 0 Å². The standard InChI is InChI=1S/C18H19NO2S/c1-19(15-9-8-13-5-2-3-6-14(13)15)18(21)11-10-16(20)17-7-4-12-22-17/h2-7,12,15H,8-11H2,1H3. The molecule has 3 rings (SSSR count). The number of benzene rings is 1. The fourth-order valence-corrected chi connectivity index (χ4v) is 3.76. The number of nitrogens with zero attached hydrogens (tertiary/aromatic N) is 1. The predicted molar refractivity (Wildman–Crippen MR) is 88.2 cm³/mol. The third-order valence-corrected chi connectivity index (χ3v) is 5.23. The molecule has 1 aliphatic carbocycles. The van der Waals surface area contributed by atoms with Gasteiger partial charge in [0, 0.05) is 19.9 Å². The number of carbonyl (C=O) groups excluding carboxylic acids is 2. The number of fused-ring (bicyclic) bond motifs is 1. The van der Waals surface area contributed by atoms with Crippen LogP contribution < -0.4 is 0 Å². The van der Waals surface area contributed by atoms with Crippen LogP contribution in [0.4, 0.5) is 0 Å². The molecule has 0 fully saturated rings. The van der Waals surface area contributed by atoms with Crippen molar-refractivity contribution in [3.63, 3.8) is 0 Å². The Kier molecular flexibility index (Phi) is 4.39. The van der Waals surface area contributed by atoms with Gasteiger partial charge >= 0.3 is 0 Å². The van der Waals surface area contributed by atoms with Gasteiger partial charge in [-0.3, -0.25) is 9.59 Å². The summed E-state index contributed by atoms with van der Waals surface area (Å²) in [4.78, 5) is 26.9. The minimum Gasteiger partial charge on any atom is -0.339 e. The number of hydrogen-bond donors (Lipinski definition) is 0. The maximum absolute atomic E-state index is 12.4. The summed E-state index contributed by atoms with van der Waals surface area (Å²) in [5, 5.41) is 1.89. The van der Waals surface area contributed by atoms with E-state index in [0.29, 0.717) is 0 Å². The van der Waals surface area contributed by atoms with E-state index in [1.54, 1.807) is 0 Å². The van der Waals surface area contributed by atoms with Gasteiger partial charge in [-0.25, -0.2) is 0 Å². The van der Waals surface area contributed by atoms with Crippen molar-refractivity contribution in [3.05, 3.63) is 57.8 Å². The van der Waals surface area contributed by atoms with Crippen molar-refractivity contribution < 1.29 is 9.59 Å². The van der Waals surface area contributed by atoms with Crippen LogP contribution in [0.2, 0.25) is 0 Å². The molecule has 1 aromatic carbocycles. The first-order valence-electron chi connectivity index (χ1n) is 7.57. The van der Waals surface area contributed by atoms with Gasteiger partial charge in [0.15, 0.2) is 5.78 Å². The molecule has 1 unspecified atom stereocenters. The Labute approximate surface area is 134 Å². The molecule has 4 heteroatoms. The molecule has 114 valence electrons. The summed E-state index contributed by atoms with van der Waals surface area (Å²) in [6.45, 7) is 0. The Hall–Kier alpha value is -1.94. The quantitative estimate of drug-likeness (QED) is 0.786. The lowest BCUT2D eigenvalue weighted by Gasteiger charge is -2.25. The Morgan fingerprint density at radius 1 is 1.18 bits per heavy atom. The number of rotatable bonds is 5. The third-order valence-electron chi connectivity index (χ3n) is 4.32. The van der Waals surface area contributed by atoms with Gasteiger partial charge in [0.2, 0.25) is 5.91 Å². The van der Waals surface area contributed by atoms with E-state index in [2.05, 4.69) is 12.1 Å². The zero-order chi connectivity index (χ0) is 15.5. The van der Waals surface area contributed by atoms with Crippen LogP contribution in [-0.4, -0.2) is 23.6 Å². The van der Waals surface area contributed by atoms with Gasteiger partial charge in [0.25, 0.3) is 0 Å². The molecule has 22 heavy (non-hydrogen) atoms. The van der Waals surface area contributed by atoms with Crippen LogP contribution in [0.15, 0.2) is 41.8 Å². The Morgan fingerprint density at radius 2 is 2.00 bits per heavy atom. The van der Waals surface area contributed by atoms with Gasteiger partial charge in [-0.2, -0.15) is 0 Å². The van der Waals surface area contributed by atoms with Gasteiger partial charge < -0.3 is 4.90 Å². The summed E-state index contributed by atoms with van der Waals surface area (Å²) < 4.78 is 0. The molecule has 1 amide bonds. The molecule has 1 heterocycles. The van der Waals surface area contributed by atoms with Crippen molar-refractivity contribution in [1.82, 2.24) is 4.90 Å². The molecule has 0 saturated heterocycles. The van der Waals surface area contributed by atoms with Crippen molar-refractivity contribution in [2.45, 2.75) is 31.7 Å². The summed E-state index contributed by atoms with van der Waals surface area (Å²) in [7, 11) is 1.85. The van der Waals surface area contributed by atoms with E-state index in [0.717, 1.165) is 17.7 Å². The van der Waals surface area contributed by atoms with E-state index in [-0.39, 0.29) is 30.6 Å². The molecule has 0 radical (unpaired) electrons. The fraction of sp³-hybridized carbons (Fsp3) is 0.333. The molecule has 2 aromatic rings. The number of Topliss-reactive ketones (excluding diaryl/α,β-unsaturated/α-hetero) is 1. The summed E-state index contributed by atoms with van der Waals surface area (Å²) in [6, 6.07) is 12.1. The summed E-state index contributed by atoms with van der Waals surface area (Å²) in [5.74, 6) is 0.107. The van der Waals surface area contributed by atoms with Crippen LogP contribution in [0.5, 0.6) is 0 Å². The molecule has 0 N–H and O–H groups in total. The van der Waals surface area contributed by atoms with E-state index < -0.39 is 0 Å². The van der Waals surface area contributed by atoms with E-state index in [1.807, 2.05) is 41.6 Å². The molecule has 0 bridgehead atoms. The number of carbonyl (C=O) groups is 2. The highest BCUT2D eigenvalue weighted by Gasteiger charge is 2.28. The molecular weight excluding hydrogens is 294 g/mol. The van der Waals surface area contributed by atoms with E-state index in [1.165, 1.54) is 22.5 Å². The van der Waals surface area contributed by atoms with Crippen LogP contribution in [0.1, 0.15) is 46.1 Å². The van der Waals surface area contributed by atoms with Gasteiger partial charge in [0.1, 0.15) is 0 Å². The average molecular weight is 313 g/mol.